The van der Waals surface area contributed by atoms with Crippen LogP contribution in [0.25, 0.3) is 10.8 Å². The van der Waals surface area contributed by atoms with Gasteiger partial charge < -0.3 is 25.2 Å². The summed E-state index contributed by atoms with van der Waals surface area (Å²) in [6.45, 7) is 1.52. The highest BCUT2D eigenvalue weighted by atomic mass is 79.9. The van der Waals surface area contributed by atoms with Gasteiger partial charge in [-0.2, -0.15) is 10.5 Å². The summed E-state index contributed by atoms with van der Waals surface area (Å²) in [5.41, 5.74) is 2.40. The SMILES string of the molecule is CNC(C)C(=O)NC1CN(C(=O)c2ccc(C#N)cc2)c2cc(C#N)ccc2N(Cc2c(OC)ccc3cc(Br)ccc23)C1=O. The Kier molecular flexibility index (Phi) is 9.14. The van der Waals surface area contributed by atoms with Crippen molar-refractivity contribution in [3.63, 3.8) is 0 Å². The molecule has 0 spiro atoms. The van der Waals surface area contributed by atoms with Crippen LogP contribution >= 0.6 is 15.9 Å². The van der Waals surface area contributed by atoms with Crippen molar-refractivity contribution < 1.29 is 19.1 Å². The Balaban J connectivity index is 1.70. The fourth-order valence-electron chi connectivity index (χ4n) is 5.29. The summed E-state index contributed by atoms with van der Waals surface area (Å²) in [5.74, 6) is -0.757. The average Bonchev–Trinajstić information content (AvgIpc) is 3.17. The number of nitrogens with one attached hydrogen (secondary N) is 2. The molecule has 2 N–H and O–H groups in total. The molecule has 11 heteroatoms. The van der Waals surface area contributed by atoms with Crippen molar-refractivity contribution in [3.8, 4) is 17.9 Å². The first-order valence-corrected chi connectivity index (χ1v) is 14.9. The number of hydrogen-bond acceptors (Lipinski definition) is 7. The maximum atomic E-state index is 14.5. The van der Waals surface area contributed by atoms with Crippen LogP contribution in [0.5, 0.6) is 5.75 Å². The molecule has 4 aromatic rings. The summed E-state index contributed by atoms with van der Waals surface area (Å²) in [7, 11) is 3.19. The summed E-state index contributed by atoms with van der Waals surface area (Å²) >= 11 is 3.52. The van der Waals surface area contributed by atoms with Crippen LogP contribution in [0.2, 0.25) is 0 Å². The van der Waals surface area contributed by atoms with Gasteiger partial charge in [0.1, 0.15) is 11.8 Å². The number of nitrogens with zero attached hydrogens (tertiary/aromatic N) is 4. The number of carbonyl (C=O) groups is 3. The zero-order chi connectivity index (χ0) is 32.2. The normalized spacial score (nSPS) is 15.0. The first-order chi connectivity index (χ1) is 21.7. The highest BCUT2D eigenvalue weighted by molar-refractivity contribution is 9.10. The molecule has 0 radical (unpaired) electrons. The van der Waals surface area contributed by atoms with E-state index in [2.05, 4.69) is 32.6 Å². The van der Waals surface area contributed by atoms with Crippen LogP contribution < -0.4 is 25.2 Å². The van der Waals surface area contributed by atoms with Gasteiger partial charge in [0, 0.05) is 15.6 Å². The van der Waals surface area contributed by atoms with Gasteiger partial charge in [-0.3, -0.25) is 14.4 Å². The zero-order valence-electron chi connectivity index (χ0n) is 24.8. The standard InChI is InChI=1S/C34H29BrN6O4/c1-20(38-2)32(42)39-28-19-41(33(43)23-7-4-21(16-36)5-8-23)30-14-22(17-37)6-12-29(30)40(34(28)44)18-27-26-11-10-25(35)15-24(26)9-13-31(27)45-3/h4-15,20,28,38H,18-19H2,1-3H3,(H,39,42). The number of ether oxygens (including phenoxy) is 1. The number of methoxy groups -OCH3 is 1. The van der Waals surface area contributed by atoms with E-state index in [4.69, 9.17) is 4.74 Å². The van der Waals surface area contributed by atoms with Crippen LogP contribution in [0, 0.1) is 22.7 Å². The number of hydrogen-bond donors (Lipinski definition) is 2. The molecule has 0 saturated carbocycles. The van der Waals surface area contributed by atoms with Crippen molar-refractivity contribution >= 4 is 55.8 Å². The molecule has 0 aliphatic carbocycles. The van der Waals surface area contributed by atoms with Crippen LogP contribution in [0.3, 0.4) is 0 Å². The molecule has 5 rings (SSSR count). The zero-order valence-corrected chi connectivity index (χ0v) is 26.4. The maximum Gasteiger partial charge on any atom is 0.258 e. The fourth-order valence-corrected chi connectivity index (χ4v) is 5.67. The number of carbonyl (C=O) groups excluding carboxylic acids is 3. The number of amides is 3. The van der Waals surface area contributed by atoms with E-state index in [0.717, 1.165) is 20.8 Å². The van der Waals surface area contributed by atoms with Crippen LogP contribution in [0.15, 0.2) is 77.3 Å². The number of rotatable bonds is 7. The molecule has 1 aliphatic rings. The third-order valence-corrected chi connectivity index (χ3v) is 8.34. The van der Waals surface area contributed by atoms with Gasteiger partial charge in [0.2, 0.25) is 5.91 Å². The molecule has 0 fully saturated rings. The quantitative estimate of drug-likeness (QED) is 0.293. The summed E-state index contributed by atoms with van der Waals surface area (Å²) in [6, 6.07) is 22.9. The van der Waals surface area contributed by atoms with Gasteiger partial charge >= 0.3 is 0 Å². The van der Waals surface area contributed by atoms with Crippen molar-refractivity contribution in [2.45, 2.75) is 25.6 Å². The monoisotopic (exact) mass is 664 g/mol. The van der Waals surface area contributed by atoms with Gasteiger partial charge in [0.05, 0.1) is 60.9 Å². The largest absolute Gasteiger partial charge is 0.496 e. The number of fused-ring (bicyclic) bond motifs is 2. The molecule has 2 atom stereocenters. The molecule has 4 aromatic carbocycles. The first-order valence-electron chi connectivity index (χ1n) is 14.1. The molecule has 10 nitrogen and oxygen atoms in total. The minimum atomic E-state index is -1.14. The molecule has 0 aromatic heterocycles. The number of benzene rings is 4. The van der Waals surface area contributed by atoms with Gasteiger partial charge in [0.25, 0.3) is 11.8 Å². The molecule has 3 amide bonds. The van der Waals surface area contributed by atoms with Crippen molar-refractivity contribution in [1.29, 1.82) is 10.5 Å². The summed E-state index contributed by atoms with van der Waals surface area (Å²) in [6.07, 6.45) is 0. The number of anilines is 2. The fraction of sp³-hybridized carbons (Fsp3) is 0.206. The Morgan fingerprint density at radius 2 is 1.71 bits per heavy atom. The van der Waals surface area contributed by atoms with Crippen LogP contribution in [0.4, 0.5) is 11.4 Å². The van der Waals surface area contributed by atoms with Crippen LogP contribution in [-0.2, 0) is 16.1 Å². The molecular formula is C34H29BrN6O4. The number of nitriles is 2. The lowest BCUT2D eigenvalue weighted by Crippen LogP contribution is -2.55. The molecule has 1 heterocycles. The second-order valence-electron chi connectivity index (χ2n) is 10.5. The Bertz CT molecular complexity index is 1900. The smallest absolute Gasteiger partial charge is 0.258 e. The number of likely N-dealkylation sites (N-methyl/N-ethyl adjacent to an activating group) is 1. The minimum Gasteiger partial charge on any atom is -0.496 e. The van der Waals surface area contributed by atoms with E-state index in [1.165, 1.54) is 34.1 Å². The van der Waals surface area contributed by atoms with Crippen molar-refractivity contribution in [2.24, 2.45) is 0 Å². The van der Waals surface area contributed by atoms with Crippen molar-refractivity contribution in [3.05, 3.63) is 99.5 Å². The summed E-state index contributed by atoms with van der Waals surface area (Å²) in [4.78, 5) is 44.6. The second-order valence-corrected chi connectivity index (χ2v) is 11.4. The highest BCUT2D eigenvalue weighted by Crippen LogP contribution is 2.38. The molecular weight excluding hydrogens is 636 g/mol. The van der Waals surface area contributed by atoms with Crippen LogP contribution in [0.1, 0.15) is 34.0 Å². The van der Waals surface area contributed by atoms with E-state index < -0.39 is 29.8 Å². The Labute approximate surface area is 268 Å². The molecule has 2 unspecified atom stereocenters. The molecule has 1 aliphatic heterocycles. The Hall–Kier alpha value is -5.23. The van der Waals surface area contributed by atoms with Crippen molar-refractivity contribution in [2.75, 3.05) is 30.5 Å². The first kappa shape index (κ1) is 31.2. The molecule has 226 valence electrons. The van der Waals surface area contributed by atoms with Gasteiger partial charge in [-0.15, -0.1) is 0 Å². The maximum absolute atomic E-state index is 14.5. The Morgan fingerprint density at radius 3 is 2.38 bits per heavy atom. The lowest BCUT2D eigenvalue weighted by Gasteiger charge is -2.27. The van der Waals surface area contributed by atoms with Gasteiger partial charge in [-0.25, -0.2) is 0 Å². The van der Waals surface area contributed by atoms with E-state index in [-0.39, 0.29) is 24.2 Å². The van der Waals surface area contributed by atoms with Gasteiger partial charge in [-0.05, 0) is 85.4 Å². The summed E-state index contributed by atoms with van der Waals surface area (Å²) < 4.78 is 6.62. The van der Waals surface area contributed by atoms with E-state index in [0.29, 0.717) is 22.7 Å². The minimum absolute atomic E-state index is 0.0483. The van der Waals surface area contributed by atoms with E-state index >= 15 is 0 Å². The number of halogens is 1. The van der Waals surface area contributed by atoms with Crippen molar-refractivity contribution in [1.82, 2.24) is 10.6 Å². The topological polar surface area (TPSA) is 139 Å². The lowest BCUT2D eigenvalue weighted by atomic mass is 10.0. The van der Waals surface area contributed by atoms with E-state index in [9.17, 15) is 24.9 Å². The van der Waals surface area contributed by atoms with Gasteiger partial charge in [0.15, 0.2) is 0 Å². The summed E-state index contributed by atoms with van der Waals surface area (Å²) in [5, 5.41) is 26.5. The molecule has 0 bridgehead atoms. The van der Waals surface area contributed by atoms with E-state index in [1.807, 2.05) is 36.4 Å². The van der Waals surface area contributed by atoms with E-state index in [1.54, 1.807) is 39.3 Å². The highest BCUT2D eigenvalue weighted by Gasteiger charge is 2.38. The second kappa shape index (κ2) is 13.2. The molecule has 0 saturated heterocycles. The van der Waals surface area contributed by atoms with Gasteiger partial charge in [-0.1, -0.05) is 28.1 Å². The predicted octanol–water partition coefficient (Wildman–Crippen LogP) is 4.64. The predicted molar refractivity (Wildman–Crippen MR) is 174 cm³/mol. The third-order valence-electron chi connectivity index (χ3n) is 7.85. The Morgan fingerprint density at radius 1 is 1.00 bits per heavy atom. The van der Waals surface area contributed by atoms with Crippen LogP contribution in [-0.4, -0.2) is 50.5 Å². The molecule has 45 heavy (non-hydrogen) atoms. The third kappa shape index (κ3) is 6.22. The average molecular weight is 666 g/mol. The lowest BCUT2D eigenvalue weighted by molar-refractivity contribution is -0.128.